The second-order valence-electron chi connectivity index (χ2n) is 3.52. The topological polar surface area (TPSA) is 51.1 Å². The summed E-state index contributed by atoms with van der Waals surface area (Å²) >= 11 is 0. The van der Waals surface area contributed by atoms with Crippen molar-refractivity contribution in [3.8, 4) is 0 Å². The predicted octanol–water partition coefficient (Wildman–Crippen LogP) is 0.683. The second kappa shape index (κ2) is 5.34. The van der Waals surface area contributed by atoms with Crippen molar-refractivity contribution in [2.24, 2.45) is 0 Å². The Kier molecular flexibility index (Phi) is 4.09. The van der Waals surface area contributed by atoms with Gasteiger partial charge in [0.15, 0.2) is 0 Å². The number of aryl methyl sites for hydroxylation is 1. The quantitative estimate of drug-likeness (QED) is 0.791. The molecule has 0 atom stereocenters. The highest BCUT2D eigenvalue weighted by Crippen LogP contribution is 1.90. The average Bonchev–Trinajstić information content (AvgIpc) is 2.19. The molecule has 4 heteroatoms. The summed E-state index contributed by atoms with van der Waals surface area (Å²) in [5, 5.41) is 2.72. The SMILES string of the molecule is CCCNC(=O)Cn1ccc(C)cc1=O. The van der Waals surface area contributed by atoms with Crippen LogP contribution in [0.4, 0.5) is 0 Å². The molecule has 0 bridgehead atoms. The van der Waals surface area contributed by atoms with Gasteiger partial charge in [0, 0.05) is 18.8 Å². The first-order valence-electron chi connectivity index (χ1n) is 5.07. The van der Waals surface area contributed by atoms with Crippen LogP contribution >= 0.6 is 0 Å². The van der Waals surface area contributed by atoms with Crippen LogP contribution in [0.2, 0.25) is 0 Å². The number of carbonyl (C=O) groups excluding carboxylic acids is 1. The lowest BCUT2D eigenvalue weighted by Gasteiger charge is -2.06. The van der Waals surface area contributed by atoms with Crippen molar-refractivity contribution in [3.05, 3.63) is 34.2 Å². The normalized spacial score (nSPS) is 10.0. The summed E-state index contributed by atoms with van der Waals surface area (Å²) < 4.78 is 1.40. The summed E-state index contributed by atoms with van der Waals surface area (Å²) in [6.45, 7) is 4.58. The van der Waals surface area contributed by atoms with Gasteiger partial charge in [-0.3, -0.25) is 9.59 Å². The molecule has 1 aromatic rings. The molecule has 1 heterocycles. The van der Waals surface area contributed by atoms with Crippen LogP contribution in [-0.2, 0) is 11.3 Å². The van der Waals surface area contributed by atoms with Gasteiger partial charge >= 0.3 is 0 Å². The fourth-order valence-corrected chi connectivity index (χ4v) is 1.21. The van der Waals surface area contributed by atoms with E-state index < -0.39 is 0 Å². The number of hydrogen-bond donors (Lipinski definition) is 1. The molecule has 0 saturated carbocycles. The third-order valence-corrected chi connectivity index (χ3v) is 2.04. The summed E-state index contributed by atoms with van der Waals surface area (Å²) in [4.78, 5) is 22.8. The summed E-state index contributed by atoms with van der Waals surface area (Å²) in [5.41, 5.74) is 0.770. The summed E-state index contributed by atoms with van der Waals surface area (Å²) in [6, 6.07) is 3.33. The van der Waals surface area contributed by atoms with Crippen LogP contribution in [0.5, 0.6) is 0 Å². The van der Waals surface area contributed by atoms with E-state index in [1.54, 1.807) is 6.20 Å². The van der Waals surface area contributed by atoms with Crippen molar-refractivity contribution in [1.82, 2.24) is 9.88 Å². The molecule has 1 amide bonds. The van der Waals surface area contributed by atoms with Crippen molar-refractivity contribution in [3.63, 3.8) is 0 Å². The van der Waals surface area contributed by atoms with E-state index in [4.69, 9.17) is 0 Å². The maximum Gasteiger partial charge on any atom is 0.251 e. The van der Waals surface area contributed by atoms with Gasteiger partial charge in [-0.25, -0.2) is 0 Å². The largest absolute Gasteiger partial charge is 0.355 e. The molecular formula is C11H16N2O2. The number of rotatable bonds is 4. The zero-order valence-electron chi connectivity index (χ0n) is 9.12. The standard InChI is InChI=1S/C11H16N2O2/c1-3-5-12-10(14)8-13-6-4-9(2)7-11(13)15/h4,6-7H,3,5,8H2,1-2H3,(H,12,14). The van der Waals surface area contributed by atoms with Crippen LogP contribution in [0, 0.1) is 6.92 Å². The summed E-state index contributed by atoms with van der Waals surface area (Å²) in [5.74, 6) is -0.122. The van der Waals surface area contributed by atoms with E-state index in [0.717, 1.165) is 12.0 Å². The van der Waals surface area contributed by atoms with Crippen LogP contribution in [0.25, 0.3) is 0 Å². The highest BCUT2D eigenvalue weighted by atomic mass is 16.2. The number of amides is 1. The van der Waals surface area contributed by atoms with E-state index in [-0.39, 0.29) is 18.0 Å². The Morgan fingerprint density at radius 2 is 2.27 bits per heavy atom. The lowest BCUT2D eigenvalue weighted by Crippen LogP contribution is -2.32. The molecule has 0 aromatic carbocycles. The first kappa shape index (κ1) is 11.5. The Hall–Kier alpha value is -1.58. The van der Waals surface area contributed by atoms with Crippen LogP contribution in [0.15, 0.2) is 23.1 Å². The minimum absolute atomic E-state index is 0.0963. The molecular weight excluding hydrogens is 192 g/mol. The first-order chi connectivity index (χ1) is 7.13. The maximum atomic E-state index is 11.4. The van der Waals surface area contributed by atoms with Crippen molar-refractivity contribution in [1.29, 1.82) is 0 Å². The number of pyridine rings is 1. The number of nitrogens with zero attached hydrogens (tertiary/aromatic N) is 1. The minimum atomic E-state index is -0.137. The highest BCUT2D eigenvalue weighted by molar-refractivity contribution is 5.75. The third kappa shape index (κ3) is 3.58. The lowest BCUT2D eigenvalue weighted by molar-refractivity contribution is -0.121. The van der Waals surface area contributed by atoms with E-state index in [0.29, 0.717) is 6.54 Å². The van der Waals surface area contributed by atoms with Gasteiger partial charge < -0.3 is 9.88 Å². The number of aromatic nitrogens is 1. The first-order valence-corrected chi connectivity index (χ1v) is 5.07. The molecule has 0 aliphatic heterocycles. The fourth-order valence-electron chi connectivity index (χ4n) is 1.21. The van der Waals surface area contributed by atoms with Gasteiger partial charge in [-0.1, -0.05) is 6.92 Å². The fraction of sp³-hybridized carbons (Fsp3) is 0.455. The smallest absolute Gasteiger partial charge is 0.251 e. The molecule has 1 aromatic heterocycles. The zero-order valence-corrected chi connectivity index (χ0v) is 9.12. The van der Waals surface area contributed by atoms with Gasteiger partial charge in [0.2, 0.25) is 5.91 Å². The third-order valence-electron chi connectivity index (χ3n) is 2.04. The van der Waals surface area contributed by atoms with E-state index in [1.807, 2.05) is 19.9 Å². The van der Waals surface area contributed by atoms with Crippen LogP contribution in [0.1, 0.15) is 18.9 Å². The molecule has 4 nitrogen and oxygen atoms in total. The molecule has 0 unspecified atom stereocenters. The monoisotopic (exact) mass is 208 g/mol. The number of hydrogen-bond acceptors (Lipinski definition) is 2. The van der Waals surface area contributed by atoms with Crippen LogP contribution in [0.3, 0.4) is 0 Å². The number of nitrogens with one attached hydrogen (secondary N) is 1. The van der Waals surface area contributed by atoms with E-state index in [2.05, 4.69) is 5.32 Å². The molecule has 0 radical (unpaired) electrons. The molecule has 0 saturated heterocycles. The van der Waals surface area contributed by atoms with Gasteiger partial charge in [0.25, 0.3) is 5.56 Å². The molecule has 0 aliphatic carbocycles. The van der Waals surface area contributed by atoms with Gasteiger partial charge in [0.1, 0.15) is 6.54 Å². The zero-order chi connectivity index (χ0) is 11.3. The lowest BCUT2D eigenvalue weighted by atomic mass is 10.3. The van der Waals surface area contributed by atoms with E-state index in [1.165, 1.54) is 10.6 Å². The Bertz CT molecular complexity index is 396. The van der Waals surface area contributed by atoms with Crippen LogP contribution in [-0.4, -0.2) is 17.0 Å². The minimum Gasteiger partial charge on any atom is -0.355 e. The molecule has 0 aliphatic rings. The van der Waals surface area contributed by atoms with Crippen molar-refractivity contribution in [2.75, 3.05) is 6.54 Å². The molecule has 0 fully saturated rings. The van der Waals surface area contributed by atoms with Crippen molar-refractivity contribution in [2.45, 2.75) is 26.8 Å². The Morgan fingerprint density at radius 3 is 2.87 bits per heavy atom. The Balaban J connectivity index is 2.65. The molecule has 82 valence electrons. The molecule has 0 spiro atoms. The highest BCUT2D eigenvalue weighted by Gasteiger charge is 2.02. The van der Waals surface area contributed by atoms with Gasteiger partial charge in [-0.2, -0.15) is 0 Å². The summed E-state index contributed by atoms with van der Waals surface area (Å²) in [6.07, 6.45) is 2.54. The Morgan fingerprint density at radius 1 is 1.53 bits per heavy atom. The predicted molar refractivity (Wildman–Crippen MR) is 58.7 cm³/mol. The molecule has 15 heavy (non-hydrogen) atoms. The van der Waals surface area contributed by atoms with Gasteiger partial charge in [-0.05, 0) is 25.0 Å². The van der Waals surface area contributed by atoms with Crippen molar-refractivity contribution < 1.29 is 4.79 Å². The molecule has 1 N–H and O–H groups in total. The maximum absolute atomic E-state index is 11.4. The van der Waals surface area contributed by atoms with E-state index >= 15 is 0 Å². The number of carbonyl (C=O) groups is 1. The van der Waals surface area contributed by atoms with Gasteiger partial charge in [0.05, 0.1) is 0 Å². The summed E-state index contributed by atoms with van der Waals surface area (Å²) in [7, 11) is 0. The van der Waals surface area contributed by atoms with Gasteiger partial charge in [-0.15, -0.1) is 0 Å². The Labute approximate surface area is 88.9 Å². The second-order valence-corrected chi connectivity index (χ2v) is 3.52. The molecule has 1 rings (SSSR count). The average molecular weight is 208 g/mol. The van der Waals surface area contributed by atoms with Crippen molar-refractivity contribution >= 4 is 5.91 Å². The van der Waals surface area contributed by atoms with E-state index in [9.17, 15) is 9.59 Å². The van der Waals surface area contributed by atoms with Crippen LogP contribution < -0.4 is 10.9 Å².